The number of halogens is 1. The fourth-order valence-electron chi connectivity index (χ4n) is 2.69. The maximum atomic E-state index is 12.2. The fourth-order valence-corrected chi connectivity index (χ4v) is 2.94. The Kier molecular flexibility index (Phi) is 4.50. The van der Waals surface area contributed by atoms with Crippen LogP contribution in [0.15, 0.2) is 22.7 Å². The van der Waals surface area contributed by atoms with Gasteiger partial charge in [-0.3, -0.25) is 4.79 Å². The van der Waals surface area contributed by atoms with Crippen LogP contribution in [0.1, 0.15) is 43.5 Å². The smallest absolute Gasteiger partial charge is 0.251 e. The normalized spacial score (nSPS) is 27.0. The lowest BCUT2D eigenvalue weighted by atomic mass is 9.78. The first-order chi connectivity index (χ1) is 8.99. The third-order valence-corrected chi connectivity index (χ3v) is 4.90. The van der Waals surface area contributed by atoms with Crippen molar-refractivity contribution in [2.45, 2.75) is 39.2 Å². The minimum Gasteiger partial charge on any atom is -0.507 e. The first kappa shape index (κ1) is 14.4. The van der Waals surface area contributed by atoms with Crippen LogP contribution in [0.5, 0.6) is 5.75 Å². The van der Waals surface area contributed by atoms with Gasteiger partial charge in [-0.05, 0) is 52.4 Å². The molecule has 19 heavy (non-hydrogen) atoms. The first-order valence-corrected chi connectivity index (χ1v) is 7.57. The molecule has 1 aromatic rings. The van der Waals surface area contributed by atoms with Crippen molar-refractivity contribution >= 4 is 21.8 Å². The molecule has 1 amide bonds. The Morgan fingerprint density at radius 1 is 1.37 bits per heavy atom. The first-order valence-electron chi connectivity index (χ1n) is 6.78. The molecule has 0 spiro atoms. The van der Waals surface area contributed by atoms with E-state index >= 15 is 0 Å². The quantitative estimate of drug-likeness (QED) is 0.870. The van der Waals surface area contributed by atoms with Gasteiger partial charge in [0, 0.05) is 11.6 Å². The van der Waals surface area contributed by atoms with Gasteiger partial charge in [-0.15, -0.1) is 0 Å². The Morgan fingerprint density at radius 3 is 2.79 bits per heavy atom. The summed E-state index contributed by atoms with van der Waals surface area (Å²) in [6.07, 6.45) is 3.45. The molecule has 1 aliphatic carbocycles. The van der Waals surface area contributed by atoms with Crippen LogP contribution in [-0.2, 0) is 0 Å². The molecule has 3 unspecified atom stereocenters. The highest BCUT2D eigenvalue weighted by Crippen LogP contribution is 2.30. The predicted molar refractivity (Wildman–Crippen MR) is 79.2 cm³/mol. The summed E-state index contributed by atoms with van der Waals surface area (Å²) < 4.78 is 0.601. The zero-order valence-corrected chi connectivity index (χ0v) is 12.9. The van der Waals surface area contributed by atoms with E-state index in [0.29, 0.717) is 21.9 Å². The van der Waals surface area contributed by atoms with E-state index in [9.17, 15) is 9.90 Å². The maximum Gasteiger partial charge on any atom is 0.251 e. The topological polar surface area (TPSA) is 49.3 Å². The van der Waals surface area contributed by atoms with E-state index in [1.54, 1.807) is 12.1 Å². The SMILES string of the molecule is CC1CCCC(NC(=O)c2ccc(Br)c(O)c2)C1C. The lowest BCUT2D eigenvalue weighted by molar-refractivity contribution is 0.0890. The standard InChI is InChI=1S/C15H20BrNO2/c1-9-4-3-5-13(10(9)2)17-15(19)11-6-7-12(16)14(18)8-11/h6-10,13,18H,3-5H2,1-2H3,(H,17,19). The molecule has 1 aliphatic rings. The molecule has 0 heterocycles. The lowest BCUT2D eigenvalue weighted by Gasteiger charge is -2.34. The van der Waals surface area contributed by atoms with Gasteiger partial charge in [0.05, 0.1) is 4.47 Å². The number of hydrogen-bond acceptors (Lipinski definition) is 2. The second kappa shape index (κ2) is 5.95. The molecular formula is C15H20BrNO2. The molecule has 0 aliphatic heterocycles. The number of hydrogen-bond donors (Lipinski definition) is 2. The molecular weight excluding hydrogens is 306 g/mol. The van der Waals surface area contributed by atoms with Crippen LogP contribution in [0.2, 0.25) is 0 Å². The van der Waals surface area contributed by atoms with Gasteiger partial charge in [-0.2, -0.15) is 0 Å². The van der Waals surface area contributed by atoms with Crippen LogP contribution in [0, 0.1) is 11.8 Å². The second-order valence-electron chi connectivity index (χ2n) is 5.51. The van der Waals surface area contributed by atoms with E-state index in [1.807, 2.05) is 0 Å². The molecule has 104 valence electrons. The van der Waals surface area contributed by atoms with E-state index in [2.05, 4.69) is 35.1 Å². The third-order valence-electron chi connectivity index (χ3n) is 4.23. The van der Waals surface area contributed by atoms with Crippen LogP contribution in [0.4, 0.5) is 0 Å². The number of carbonyl (C=O) groups is 1. The van der Waals surface area contributed by atoms with Crippen molar-refractivity contribution in [3.8, 4) is 5.75 Å². The average molecular weight is 326 g/mol. The van der Waals surface area contributed by atoms with Crippen LogP contribution in [-0.4, -0.2) is 17.1 Å². The van der Waals surface area contributed by atoms with Gasteiger partial charge in [-0.25, -0.2) is 0 Å². The van der Waals surface area contributed by atoms with Crippen molar-refractivity contribution in [1.29, 1.82) is 0 Å². The summed E-state index contributed by atoms with van der Waals surface area (Å²) in [4.78, 5) is 12.2. The average Bonchev–Trinajstić information content (AvgIpc) is 2.38. The molecule has 0 radical (unpaired) electrons. The minimum absolute atomic E-state index is 0.0951. The van der Waals surface area contributed by atoms with E-state index < -0.39 is 0 Å². The van der Waals surface area contributed by atoms with E-state index in [1.165, 1.54) is 18.9 Å². The summed E-state index contributed by atoms with van der Waals surface area (Å²) in [5, 5.41) is 12.7. The highest BCUT2D eigenvalue weighted by molar-refractivity contribution is 9.10. The summed E-state index contributed by atoms with van der Waals surface area (Å²) in [6, 6.07) is 5.14. The molecule has 3 atom stereocenters. The number of phenolic OH excluding ortho intramolecular Hbond substituents is 1. The summed E-state index contributed by atoms with van der Waals surface area (Å²) in [7, 11) is 0. The van der Waals surface area contributed by atoms with Crippen LogP contribution < -0.4 is 5.32 Å². The third kappa shape index (κ3) is 3.30. The summed E-state index contributed by atoms with van der Waals surface area (Å²) in [5.74, 6) is 1.14. The zero-order chi connectivity index (χ0) is 14.0. The molecule has 0 aromatic heterocycles. The molecule has 0 bridgehead atoms. The number of carbonyl (C=O) groups excluding carboxylic acids is 1. The number of benzene rings is 1. The summed E-state index contributed by atoms with van der Waals surface area (Å²) in [6.45, 7) is 4.45. The summed E-state index contributed by atoms with van der Waals surface area (Å²) in [5.41, 5.74) is 0.506. The number of nitrogens with one attached hydrogen (secondary N) is 1. The van der Waals surface area contributed by atoms with Gasteiger partial charge in [-0.1, -0.05) is 26.7 Å². The molecule has 0 saturated heterocycles. The molecule has 3 nitrogen and oxygen atoms in total. The molecule has 1 saturated carbocycles. The van der Waals surface area contributed by atoms with Crippen LogP contribution in [0.25, 0.3) is 0 Å². The maximum absolute atomic E-state index is 12.2. The molecule has 1 aromatic carbocycles. The molecule has 2 rings (SSSR count). The van der Waals surface area contributed by atoms with E-state index in [-0.39, 0.29) is 17.7 Å². The van der Waals surface area contributed by atoms with Crippen LogP contribution >= 0.6 is 15.9 Å². The van der Waals surface area contributed by atoms with Gasteiger partial charge in [0.2, 0.25) is 0 Å². The Balaban J connectivity index is 2.06. The highest BCUT2D eigenvalue weighted by Gasteiger charge is 2.28. The Labute approximate surface area is 122 Å². The van der Waals surface area contributed by atoms with Crippen LogP contribution in [0.3, 0.4) is 0 Å². The zero-order valence-electron chi connectivity index (χ0n) is 11.3. The summed E-state index contributed by atoms with van der Waals surface area (Å²) >= 11 is 3.21. The van der Waals surface area contributed by atoms with Gasteiger partial charge < -0.3 is 10.4 Å². The molecule has 1 fully saturated rings. The van der Waals surface area contributed by atoms with Crippen molar-refractivity contribution < 1.29 is 9.90 Å². The van der Waals surface area contributed by atoms with Gasteiger partial charge >= 0.3 is 0 Å². The van der Waals surface area contributed by atoms with E-state index in [4.69, 9.17) is 0 Å². The highest BCUT2D eigenvalue weighted by atomic mass is 79.9. The lowest BCUT2D eigenvalue weighted by Crippen LogP contribution is -2.43. The largest absolute Gasteiger partial charge is 0.507 e. The van der Waals surface area contributed by atoms with Gasteiger partial charge in [0.15, 0.2) is 0 Å². The molecule has 4 heteroatoms. The van der Waals surface area contributed by atoms with Crippen molar-refractivity contribution in [2.75, 3.05) is 0 Å². The Bertz CT molecular complexity index is 475. The second-order valence-corrected chi connectivity index (χ2v) is 6.37. The van der Waals surface area contributed by atoms with E-state index in [0.717, 1.165) is 6.42 Å². The van der Waals surface area contributed by atoms with Crippen molar-refractivity contribution in [3.63, 3.8) is 0 Å². The minimum atomic E-state index is -0.103. The fraction of sp³-hybridized carbons (Fsp3) is 0.533. The van der Waals surface area contributed by atoms with Crippen molar-refractivity contribution in [1.82, 2.24) is 5.32 Å². The number of rotatable bonds is 2. The Morgan fingerprint density at radius 2 is 2.11 bits per heavy atom. The van der Waals surface area contributed by atoms with Crippen molar-refractivity contribution in [2.24, 2.45) is 11.8 Å². The number of amides is 1. The Hall–Kier alpha value is -1.03. The number of aromatic hydroxyl groups is 1. The van der Waals surface area contributed by atoms with Gasteiger partial charge in [0.1, 0.15) is 5.75 Å². The van der Waals surface area contributed by atoms with Crippen molar-refractivity contribution in [3.05, 3.63) is 28.2 Å². The number of phenols is 1. The molecule has 2 N–H and O–H groups in total. The van der Waals surface area contributed by atoms with Gasteiger partial charge in [0.25, 0.3) is 5.91 Å². The predicted octanol–water partition coefficient (Wildman–Crippen LogP) is 3.71. The monoisotopic (exact) mass is 325 g/mol.